The molecule has 6 heteroatoms. The van der Waals surface area contributed by atoms with Crippen LogP contribution in [0.4, 0.5) is 14.5 Å². The Morgan fingerprint density at radius 2 is 1.75 bits per heavy atom. The molecule has 2 rings (SSSR count). The number of nitrogens with one attached hydrogen (secondary N) is 1. The van der Waals surface area contributed by atoms with Gasteiger partial charge in [0.15, 0.2) is 0 Å². The largest absolute Gasteiger partial charge is 0.319 e. The lowest BCUT2D eigenvalue weighted by Crippen LogP contribution is -2.13. The van der Waals surface area contributed by atoms with E-state index in [9.17, 15) is 13.6 Å². The Hall–Kier alpha value is -1.27. The summed E-state index contributed by atoms with van der Waals surface area (Å²) in [6.45, 7) is 1.83. The average molecular weight is 405 g/mol. The number of anilines is 1. The zero-order valence-corrected chi connectivity index (χ0v) is 13.5. The molecule has 2 aromatic rings. The molecule has 0 aliphatic heterocycles. The molecule has 104 valence electrons. The van der Waals surface area contributed by atoms with Crippen molar-refractivity contribution in [2.45, 2.75) is 6.92 Å². The molecule has 0 atom stereocenters. The average Bonchev–Trinajstić information content (AvgIpc) is 2.39. The third-order valence-electron chi connectivity index (χ3n) is 2.68. The molecule has 0 radical (unpaired) electrons. The summed E-state index contributed by atoms with van der Waals surface area (Å²) in [6.07, 6.45) is 0. The van der Waals surface area contributed by atoms with Crippen molar-refractivity contribution in [2.24, 2.45) is 0 Å². The van der Waals surface area contributed by atoms with E-state index in [4.69, 9.17) is 0 Å². The molecule has 0 aliphatic carbocycles. The van der Waals surface area contributed by atoms with Crippen LogP contribution in [0.15, 0.2) is 39.3 Å². The first-order valence-corrected chi connectivity index (χ1v) is 7.19. The molecule has 0 spiro atoms. The second kappa shape index (κ2) is 6.01. The third kappa shape index (κ3) is 3.24. The van der Waals surface area contributed by atoms with Gasteiger partial charge in [-0.15, -0.1) is 0 Å². The third-order valence-corrected chi connectivity index (χ3v) is 4.18. The van der Waals surface area contributed by atoms with Crippen LogP contribution in [0.3, 0.4) is 0 Å². The van der Waals surface area contributed by atoms with Gasteiger partial charge in [0, 0.05) is 16.1 Å². The van der Waals surface area contributed by atoms with E-state index < -0.39 is 17.5 Å². The molecule has 1 amide bonds. The minimum atomic E-state index is -0.708. The minimum Gasteiger partial charge on any atom is -0.319 e. The van der Waals surface area contributed by atoms with Gasteiger partial charge in [0.2, 0.25) is 0 Å². The molecule has 0 saturated carbocycles. The zero-order valence-electron chi connectivity index (χ0n) is 10.3. The number of halogens is 4. The van der Waals surface area contributed by atoms with Gasteiger partial charge in [-0.3, -0.25) is 4.79 Å². The smallest absolute Gasteiger partial charge is 0.255 e. The lowest BCUT2D eigenvalue weighted by atomic mass is 10.1. The summed E-state index contributed by atoms with van der Waals surface area (Å²) >= 11 is 6.20. The van der Waals surface area contributed by atoms with Crippen LogP contribution in [0.2, 0.25) is 0 Å². The number of aryl methyl sites for hydroxylation is 1. The maximum Gasteiger partial charge on any atom is 0.255 e. The highest BCUT2D eigenvalue weighted by Crippen LogP contribution is 2.24. The van der Waals surface area contributed by atoms with Crippen molar-refractivity contribution in [2.75, 3.05) is 5.32 Å². The van der Waals surface area contributed by atoms with E-state index in [2.05, 4.69) is 37.2 Å². The first-order valence-electron chi connectivity index (χ1n) is 5.60. The summed E-state index contributed by atoms with van der Waals surface area (Å²) < 4.78 is 27.9. The quantitative estimate of drug-likeness (QED) is 0.697. The SMILES string of the molecule is Cc1cc(C(=O)Nc2cc(F)c(Br)cc2F)ccc1Br. The van der Waals surface area contributed by atoms with Crippen LogP contribution in [0.25, 0.3) is 0 Å². The molecule has 0 saturated heterocycles. The molecular weight excluding hydrogens is 396 g/mol. The van der Waals surface area contributed by atoms with Gasteiger partial charge < -0.3 is 5.32 Å². The predicted molar refractivity (Wildman–Crippen MR) is 80.9 cm³/mol. The summed E-state index contributed by atoms with van der Waals surface area (Å²) in [5.74, 6) is -1.85. The molecule has 0 fully saturated rings. The normalized spacial score (nSPS) is 10.4. The fraction of sp³-hybridized carbons (Fsp3) is 0.0714. The van der Waals surface area contributed by atoms with Crippen molar-refractivity contribution in [3.05, 3.63) is 62.0 Å². The molecule has 2 nitrogen and oxygen atoms in total. The second-order valence-electron chi connectivity index (χ2n) is 4.16. The van der Waals surface area contributed by atoms with E-state index in [0.29, 0.717) is 5.56 Å². The monoisotopic (exact) mass is 403 g/mol. The topological polar surface area (TPSA) is 29.1 Å². The second-order valence-corrected chi connectivity index (χ2v) is 5.87. The minimum absolute atomic E-state index is 0.00693. The van der Waals surface area contributed by atoms with Crippen LogP contribution in [-0.2, 0) is 0 Å². The molecule has 0 heterocycles. The van der Waals surface area contributed by atoms with Crippen molar-refractivity contribution in [1.29, 1.82) is 0 Å². The lowest BCUT2D eigenvalue weighted by Gasteiger charge is -2.08. The molecule has 0 aliphatic rings. The van der Waals surface area contributed by atoms with E-state index in [-0.39, 0.29) is 10.2 Å². The van der Waals surface area contributed by atoms with Crippen LogP contribution in [0.1, 0.15) is 15.9 Å². The van der Waals surface area contributed by atoms with E-state index in [0.717, 1.165) is 22.2 Å². The fourth-order valence-electron chi connectivity index (χ4n) is 1.60. The Labute approximate surface area is 131 Å². The summed E-state index contributed by atoms with van der Waals surface area (Å²) in [4.78, 5) is 12.0. The molecule has 0 bridgehead atoms. The number of amides is 1. The highest BCUT2D eigenvalue weighted by Gasteiger charge is 2.13. The first kappa shape index (κ1) is 15.1. The number of carbonyl (C=O) groups is 1. The van der Waals surface area contributed by atoms with Gasteiger partial charge in [-0.1, -0.05) is 15.9 Å². The predicted octanol–water partition coefficient (Wildman–Crippen LogP) is 5.05. The molecule has 0 aromatic heterocycles. The van der Waals surface area contributed by atoms with Gasteiger partial charge in [-0.2, -0.15) is 0 Å². The maximum absolute atomic E-state index is 13.6. The number of hydrogen-bond donors (Lipinski definition) is 1. The number of hydrogen-bond acceptors (Lipinski definition) is 1. The fourth-order valence-corrected chi connectivity index (χ4v) is 2.16. The molecule has 20 heavy (non-hydrogen) atoms. The Kier molecular flexibility index (Phi) is 4.55. The van der Waals surface area contributed by atoms with Gasteiger partial charge in [-0.25, -0.2) is 8.78 Å². The van der Waals surface area contributed by atoms with Crippen LogP contribution in [0, 0.1) is 18.6 Å². The number of rotatable bonds is 2. The van der Waals surface area contributed by atoms with Crippen LogP contribution in [-0.4, -0.2) is 5.91 Å². The zero-order chi connectivity index (χ0) is 14.9. The maximum atomic E-state index is 13.6. The summed E-state index contributed by atoms with van der Waals surface area (Å²) in [6, 6.07) is 6.88. The number of benzene rings is 2. The number of carbonyl (C=O) groups excluding carboxylic acids is 1. The van der Waals surface area contributed by atoms with Gasteiger partial charge >= 0.3 is 0 Å². The van der Waals surface area contributed by atoms with Gasteiger partial charge in [0.1, 0.15) is 11.6 Å². The molecular formula is C14H9Br2F2NO. The Morgan fingerprint density at radius 1 is 1.05 bits per heavy atom. The van der Waals surface area contributed by atoms with Crippen molar-refractivity contribution < 1.29 is 13.6 Å². The van der Waals surface area contributed by atoms with Gasteiger partial charge in [0.05, 0.1) is 10.2 Å². The first-order chi connectivity index (χ1) is 9.38. The van der Waals surface area contributed by atoms with Crippen LogP contribution < -0.4 is 5.32 Å². The van der Waals surface area contributed by atoms with Crippen molar-refractivity contribution in [3.63, 3.8) is 0 Å². The highest BCUT2D eigenvalue weighted by molar-refractivity contribution is 9.10. The van der Waals surface area contributed by atoms with Crippen molar-refractivity contribution in [1.82, 2.24) is 0 Å². The molecule has 0 unspecified atom stereocenters. The van der Waals surface area contributed by atoms with E-state index in [1.54, 1.807) is 18.2 Å². The molecule has 2 aromatic carbocycles. The Balaban J connectivity index is 2.27. The van der Waals surface area contributed by atoms with Crippen LogP contribution >= 0.6 is 31.9 Å². The van der Waals surface area contributed by atoms with Crippen molar-refractivity contribution >= 4 is 43.5 Å². The van der Waals surface area contributed by atoms with E-state index in [1.807, 2.05) is 6.92 Å². The lowest BCUT2D eigenvalue weighted by molar-refractivity contribution is 0.102. The van der Waals surface area contributed by atoms with Crippen LogP contribution in [0.5, 0.6) is 0 Å². The molecule has 1 N–H and O–H groups in total. The van der Waals surface area contributed by atoms with Crippen molar-refractivity contribution in [3.8, 4) is 0 Å². The Bertz CT molecular complexity index is 689. The van der Waals surface area contributed by atoms with E-state index in [1.165, 1.54) is 0 Å². The van der Waals surface area contributed by atoms with Gasteiger partial charge in [0.25, 0.3) is 5.91 Å². The Morgan fingerprint density at radius 3 is 2.40 bits per heavy atom. The van der Waals surface area contributed by atoms with E-state index >= 15 is 0 Å². The summed E-state index contributed by atoms with van der Waals surface area (Å²) in [7, 11) is 0. The standard InChI is InChI=1S/C14H9Br2F2NO/c1-7-4-8(2-3-9(7)15)14(20)19-13-6-11(17)10(16)5-12(13)18/h2-6H,1H3,(H,19,20). The summed E-state index contributed by atoms with van der Waals surface area (Å²) in [5, 5.41) is 2.35. The highest BCUT2D eigenvalue weighted by atomic mass is 79.9. The van der Waals surface area contributed by atoms with Gasteiger partial charge in [-0.05, 0) is 52.7 Å². The summed E-state index contributed by atoms with van der Waals surface area (Å²) in [5.41, 5.74) is 1.05.